The number of non-ortho nitro benzene ring substituents is 1. The third-order valence-electron chi connectivity index (χ3n) is 8.35. The summed E-state index contributed by atoms with van der Waals surface area (Å²) < 4.78 is 13.0. The number of carbonyl (C=O) groups excluding carboxylic acids is 2. The first kappa shape index (κ1) is 30.3. The van der Waals surface area contributed by atoms with Gasteiger partial charge in [-0.2, -0.15) is 0 Å². The molecular formula is C33H37IN2O6. The Morgan fingerprint density at radius 3 is 2.10 bits per heavy atom. The SMILES string of the molecule is CCOc1cc(C2C3=C(CC(C)(C)CC3=O)N(C)C3=C2C(=O)CC(C)(C)C3)cc(I)c1OCc1cccc([N+](=O)[O-])c1. The predicted molar refractivity (Wildman–Crippen MR) is 168 cm³/mol. The Morgan fingerprint density at radius 1 is 0.952 bits per heavy atom. The van der Waals surface area contributed by atoms with Gasteiger partial charge in [-0.15, -0.1) is 0 Å². The first-order valence-electron chi connectivity index (χ1n) is 14.3. The second-order valence-corrected chi connectivity index (χ2v) is 14.2. The molecule has 5 rings (SSSR count). The number of ketones is 2. The van der Waals surface area contributed by atoms with Crippen LogP contribution in [0, 0.1) is 24.5 Å². The molecule has 42 heavy (non-hydrogen) atoms. The maximum atomic E-state index is 13.9. The zero-order valence-corrected chi connectivity index (χ0v) is 27.2. The largest absolute Gasteiger partial charge is 0.490 e. The lowest BCUT2D eigenvalue weighted by molar-refractivity contribution is -0.384. The number of nitro groups is 1. The van der Waals surface area contributed by atoms with Gasteiger partial charge in [0, 0.05) is 60.5 Å². The lowest BCUT2D eigenvalue weighted by Crippen LogP contribution is -2.43. The summed E-state index contributed by atoms with van der Waals surface area (Å²) in [5, 5.41) is 11.2. The fourth-order valence-corrected chi connectivity index (χ4v) is 7.35. The Hall–Kier alpha value is -3.21. The molecule has 2 aliphatic carbocycles. The van der Waals surface area contributed by atoms with Gasteiger partial charge in [0.25, 0.3) is 5.69 Å². The van der Waals surface area contributed by atoms with Crippen molar-refractivity contribution >= 4 is 39.8 Å². The number of allylic oxidation sites excluding steroid dienone is 4. The average molecular weight is 685 g/mol. The fraction of sp³-hybridized carbons (Fsp3) is 0.455. The highest BCUT2D eigenvalue weighted by Crippen LogP contribution is 2.54. The summed E-state index contributed by atoms with van der Waals surface area (Å²) in [6, 6.07) is 10.2. The normalized spacial score (nSPS) is 19.9. The van der Waals surface area contributed by atoms with Crippen LogP contribution in [0.15, 0.2) is 58.9 Å². The second-order valence-electron chi connectivity index (χ2n) is 13.1. The lowest BCUT2D eigenvalue weighted by Gasteiger charge is -2.48. The van der Waals surface area contributed by atoms with Gasteiger partial charge < -0.3 is 14.4 Å². The zero-order valence-electron chi connectivity index (χ0n) is 25.0. The number of halogens is 1. The highest BCUT2D eigenvalue weighted by molar-refractivity contribution is 14.1. The summed E-state index contributed by atoms with van der Waals surface area (Å²) in [5.41, 5.74) is 4.60. The summed E-state index contributed by atoms with van der Waals surface area (Å²) in [6.07, 6.45) is 2.37. The molecular weight excluding hydrogens is 647 g/mol. The van der Waals surface area contributed by atoms with Gasteiger partial charge in [-0.1, -0.05) is 39.8 Å². The van der Waals surface area contributed by atoms with E-state index in [1.807, 2.05) is 26.1 Å². The van der Waals surface area contributed by atoms with Crippen LogP contribution < -0.4 is 9.47 Å². The zero-order chi connectivity index (χ0) is 30.6. The molecule has 0 N–H and O–H groups in total. The minimum Gasteiger partial charge on any atom is -0.490 e. The Kier molecular flexibility index (Phi) is 8.02. The monoisotopic (exact) mass is 684 g/mol. The first-order chi connectivity index (χ1) is 19.7. The molecule has 0 amide bonds. The van der Waals surface area contributed by atoms with Crippen LogP contribution in [0.2, 0.25) is 0 Å². The highest BCUT2D eigenvalue weighted by atomic mass is 127. The third kappa shape index (κ3) is 5.72. The maximum Gasteiger partial charge on any atom is 0.269 e. The molecule has 0 radical (unpaired) electrons. The Balaban J connectivity index is 1.62. The number of rotatable bonds is 7. The lowest BCUT2D eigenvalue weighted by atomic mass is 9.64. The average Bonchev–Trinajstić information content (AvgIpc) is 2.88. The van der Waals surface area contributed by atoms with Crippen LogP contribution >= 0.6 is 22.6 Å². The summed E-state index contributed by atoms with van der Waals surface area (Å²) in [7, 11) is 2.00. The second kappa shape index (κ2) is 11.1. The molecule has 0 atom stereocenters. The van der Waals surface area contributed by atoms with Crippen molar-refractivity contribution in [2.24, 2.45) is 10.8 Å². The molecule has 0 spiro atoms. The van der Waals surface area contributed by atoms with Crippen LogP contribution in [-0.4, -0.2) is 35.0 Å². The van der Waals surface area contributed by atoms with Crippen LogP contribution in [0.25, 0.3) is 0 Å². The van der Waals surface area contributed by atoms with E-state index in [1.54, 1.807) is 12.1 Å². The van der Waals surface area contributed by atoms with E-state index in [9.17, 15) is 19.7 Å². The van der Waals surface area contributed by atoms with Gasteiger partial charge in [0.15, 0.2) is 23.1 Å². The molecule has 1 heterocycles. The number of nitro benzene ring substituents is 1. The van der Waals surface area contributed by atoms with Crippen LogP contribution in [0.5, 0.6) is 11.5 Å². The minimum atomic E-state index is -0.475. The first-order valence-corrected chi connectivity index (χ1v) is 15.4. The van der Waals surface area contributed by atoms with E-state index in [4.69, 9.17) is 9.47 Å². The summed E-state index contributed by atoms with van der Waals surface area (Å²) in [5.74, 6) is 0.732. The fourth-order valence-electron chi connectivity index (χ4n) is 6.57. The van der Waals surface area contributed by atoms with E-state index in [0.29, 0.717) is 47.7 Å². The van der Waals surface area contributed by atoms with Gasteiger partial charge in [-0.05, 0) is 76.4 Å². The van der Waals surface area contributed by atoms with Gasteiger partial charge in [0.05, 0.1) is 15.1 Å². The molecule has 0 saturated carbocycles. The number of carbonyl (C=O) groups is 2. The van der Waals surface area contributed by atoms with Crippen LogP contribution in [0.4, 0.5) is 5.69 Å². The van der Waals surface area contributed by atoms with Crippen LogP contribution in [0.3, 0.4) is 0 Å². The van der Waals surface area contributed by atoms with E-state index in [2.05, 4.69) is 55.2 Å². The summed E-state index contributed by atoms with van der Waals surface area (Å²) >= 11 is 2.20. The molecule has 0 fully saturated rings. The Bertz CT molecular complexity index is 1500. The maximum absolute atomic E-state index is 13.9. The van der Waals surface area contributed by atoms with Crippen molar-refractivity contribution in [3.63, 3.8) is 0 Å². The van der Waals surface area contributed by atoms with Gasteiger partial charge >= 0.3 is 0 Å². The van der Waals surface area contributed by atoms with E-state index in [1.165, 1.54) is 12.1 Å². The topological polar surface area (TPSA) is 99.0 Å². The van der Waals surface area contributed by atoms with E-state index in [-0.39, 0.29) is 34.7 Å². The van der Waals surface area contributed by atoms with Gasteiger partial charge in [-0.25, -0.2) is 0 Å². The molecule has 222 valence electrons. The van der Waals surface area contributed by atoms with Gasteiger partial charge in [-0.3, -0.25) is 19.7 Å². The quantitative estimate of drug-likeness (QED) is 0.169. The molecule has 2 aromatic rings. The predicted octanol–water partition coefficient (Wildman–Crippen LogP) is 7.49. The Morgan fingerprint density at radius 2 is 1.55 bits per heavy atom. The Labute approximate surface area is 260 Å². The number of Topliss-reactive ketones (excluding diaryl/α,β-unsaturated/α-hetero) is 2. The number of benzene rings is 2. The summed E-state index contributed by atoms with van der Waals surface area (Å²) in [4.78, 5) is 40.6. The molecule has 3 aliphatic rings. The minimum absolute atomic E-state index is 0.00209. The van der Waals surface area contributed by atoms with Crippen molar-refractivity contribution in [1.82, 2.24) is 4.90 Å². The molecule has 0 aromatic heterocycles. The standard InChI is InChI=1S/C33H37IN2O6/c1-7-41-27-13-20(12-22(34)31(27)42-18-19-9-8-10-21(11-19)36(39)40)28-29-23(14-32(2,3)16-25(29)37)35(6)24-15-33(4,5)17-26(38)30(24)28/h8-13,28H,7,14-18H2,1-6H3. The third-order valence-corrected chi connectivity index (χ3v) is 9.15. The van der Waals surface area contributed by atoms with E-state index in [0.717, 1.165) is 33.4 Å². The number of ether oxygens (including phenoxy) is 2. The molecule has 0 bridgehead atoms. The molecule has 9 heteroatoms. The molecule has 0 saturated heterocycles. The molecule has 1 aliphatic heterocycles. The van der Waals surface area contributed by atoms with E-state index >= 15 is 0 Å². The smallest absolute Gasteiger partial charge is 0.269 e. The van der Waals surface area contributed by atoms with Crippen molar-refractivity contribution in [3.8, 4) is 11.5 Å². The van der Waals surface area contributed by atoms with Crippen molar-refractivity contribution in [3.05, 3.63) is 83.7 Å². The number of nitrogens with zero attached hydrogens (tertiary/aromatic N) is 2. The van der Waals surface area contributed by atoms with E-state index < -0.39 is 10.8 Å². The highest BCUT2D eigenvalue weighted by Gasteiger charge is 2.48. The van der Waals surface area contributed by atoms with Gasteiger partial charge in [0.1, 0.15) is 6.61 Å². The number of hydrogen-bond acceptors (Lipinski definition) is 7. The molecule has 8 nitrogen and oxygen atoms in total. The van der Waals surface area contributed by atoms with Crippen molar-refractivity contribution in [1.29, 1.82) is 0 Å². The molecule has 0 unspecified atom stereocenters. The summed E-state index contributed by atoms with van der Waals surface area (Å²) in [6.45, 7) is 10.9. The van der Waals surface area contributed by atoms with Crippen molar-refractivity contribution in [2.75, 3.05) is 13.7 Å². The number of hydrogen-bond donors (Lipinski definition) is 0. The molecule has 2 aromatic carbocycles. The van der Waals surface area contributed by atoms with Crippen molar-refractivity contribution < 1.29 is 24.0 Å². The van der Waals surface area contributed by atoms with Crippen molar-refractivity contribution in [2.45, 2.75) is 72.8 Å². The van der Waals surface area contributed by atoms with Crippen LogP contribution in [0.1, 0.15) is 77.3 Å². The van der Waals surface area contributed by atoms with Crippen LogP contribution in [-0.2, 0) is 16.2 Å². The van der Waals surface area contributed by atoms with Gasteiger partial charge in [0.2, 0.25) is 0 Å².